The number of benzene rings is 1. The minimum atomic E-state index is -4.28. The molecule has 0 bridgehead atoms. The summed E-state index contributed by atoms with van der Waals surface area (Å²) in [5, 5.41) is 2.77. The van der Waals surface area contributed by atoms with E-state index in [9.17, 15) is 13.2 Å². The van der Waals surface area contributed by atoms with Gasteiger partial charge in [0.15, 0.2) is 0 Å². The molecule has 0 nitrogen and oxygen atoms in total. The lowest BCUT2D eigenvalue weighted by atomic mass is 10.0. The predicted octanol–water partition coefficient (Wildman–Crippen LogP) is 4.66. The summed E-state index contributed by atoms with van der Waals surface area (Å²) in [7, 11) is 1.31. The summed E-state index contributed by atoms with van der Waals surface area (Å²) in [6.45, 7) is 1.82. The van der Waals surface area contributed by atoms with E-state index in [2.05, 4.69) is 11.2 Å². The molecule has 1 aromatic rings. The van der Waals surface area contributed by atoms with Gasteiger partial charge < -0.3 is 0 Å². The molecular formula is C11H8F3IS. The summed E-state index contributed by atoms with van der Waals surface area (Å²) in [6.07, 6.45) is -3.74. The molecule has 0 saturated carbocycles. The van der Waals surface area contributed by atoms with E-state index in [-0.39, 0.29) is 0 Å². The molecule has 0 amide bonds. The highest BCUT2D eigenvalue weighted by Crippen LogP contribution is 2.30. The standard InChI is InChI=1S/C11H8F3IS/c1-2-8-7-10(11(12,13)14)4-3-9(8)5-6-16-15/h3-4,7H,2H2,1H3. The van der Waals surface area contributed by atoms with Crippen LogP contribution in [0.4, 0.5) is 13.2 Å². The van der Waals surface area contributed by atoms with Gasteiger partial charge in [-0.2, -0.15) is 13.2 Å². The molecule has 0 N–H and O–H groups in total. The van der Waals surface area contributed by atoms with Crippen molar-refractivity contribution in [1.29, 1.82) is 0 Å². The molecular weight excluding hydrogens is 348 g/mol. The van der Waals surface area contributed by atoms with E-state index in [1.54, 1.807) is 0 Å². The maximum absolute atomic E-state index is 12.4. The van der Waals surface area contributed by atoms with E-state index in [4.69, 9.17) is 0 Å². The Morgan fingerprint density at radius 1 is 1.38 bits per heavy atom. The quantitative estimate of drug-likeness (QED) is 0.521. The van der Waals surface area contributed by atoms with E-state index in [0.29, 0.717) is 17.5 Å². The summed E-state index contributed by atoms with van der Waals surface area (Å²) in [6, 6.07) is 3.67. The molecule has 0 aromatic heterocycles. The smallest absolute Gasteiger partial charge is 0.166 e. The average molecular weight is 356 g/mol. The van der Waals surface area contributed by atoms with Crippen molar-refractivity contribution in [3.05, 3.63) is 34.9 Å². The minimum absolute atomic E-state index is 0.542. The Kier molecular flexibility index (Phi) is 4.99. The van der Waals surface area contributed by atoms with Crippen molar-refractivity contribution in [3.63, 3.8) is 0 Å². The normalized spacial score (nSPS) is 10.8. The molecule has 1 aromatic carbocycles. The van der Waals surface area contributed by atoms with E-state index in [1.165, 1.54) is 21.1 Å². The first kappa shape index (κ1) is 13.7. The van der Waals surface area contributed by atoms with Gasteiger partial charge in [-0.15, -0.1) is 0 Å². The lowest BCUT2D eigenvalue weighted by Gasteiger charge is -2.09. The van der Waals surface area contributed by atoms with Crippen molar-refractivity contribution in [2.45, 2.75) is 19.5 Å². The van der Waals surface area contributed by atoms with Crippen LogP contribution in [0, 0.1) is 11.2 Å². The summed E-state index contributed by atoms with van der Waals surface area (Å²) >= 11 is 2.02. The molecule has 16 heavy (non-hydrogen) atoms. The van der Waals surface area contributed by atoms with Gasteiger partial charge in [-0.05, 0) is 44.4 Å². The number of hydrogen-bond acceptors (Lipinski definition) is 1. The van der Waals surface area contributed by atoms with Crippen LogP contribution in [0.3, 0.4) is 0 Å². The maximum Gasteiger partial charge on any atom is 0.416 e. The maximum atomic E-state index is 12.4. The van der Waals surface area contributed by atoms with Crippen LogP contribution in [0.5, 0.6) is 0 Å². The molecule has 0 unspecified atom stereocenters. The van der Waals surface area contributed by atoms with Crippen LogP contribution in [0.2, 0.25) is 0 Å². The van der Waals surface area contributed by atoms with Crippen molar-refractivity contribution in [2.75, 3.05) is 0 Å². The van der Waals surface area contributed by atoms with Gasteiger partial charge in [0.25, 0.3) is 0 Å². The van der Waals surface area contributed by atoms with Crippen LogP contribution < -0.4 is 0 Å². The number of rotatable bonds is 1. The summed E-state index contributed by atoms with van der Waals surface area (Å²) in [4.78, 5) is 0. The number of alkyl halides is 3. The molecule has 0 aliphatic heterocycles. The Morgan fingerprint density at radius 2 is 2.06 bits per heavy atom. The zero-order valence-corrected chi connectivity index (χ0v) is 11.3. The van der Waals surface area contributed by atoms with Gasteiger partial charge in [0.05, 0.1) is 5.56 Å². The third-order valence-corrected chi connectivity index (χ3v) is 2.88. The van der Waals surface area contributed by atoms with Gasteiger partial charge in [0.2, 0.25) is 0 Å². The molecule has 0 fully saturated rings. The highest BCUT2D eigenvalue weighted by Gasteiger charge is 2.30. The second kappa shape index (κ2) is 5.82. The number of halogens is 4. The fourth-order valence-corrected chi connectivity index (χ4v) is 1.74. The van der Waals surface area contributed by atoms with Crippen LogP contribution in [-0.4, -0.2) is 0 Å². The average Bonchev–Trinajstić information content (AvgIpc) is 2.24. The van der Waals surface area contributed by atoms with Gasteiger partial charge in [-0.1, -0.05) is 12.8 Å². The van der Waals surface area contributed by atoms with Gasteiger partial charge in [0.1, 0.15) is 0 Å². The third-order valence-electron chi connectivity index (χ3n) is 2.04. The molecule has 0 spiro atoms. The SMILES string of the molecule is CCc1cc(C(F)(F)F)ccc1C#CSI. The molecule has 0 aliphatic rings. The van der Waals surface area contributed by atoms with Crippen LogP contribution in [-0.2, 0) is 12.6 Å². The summed E-state index contributed by atoms with van der Waals surface area (Å²) in [5.41, 5.74) is 0.685. The largest absolute Gasteiger partial charge is 0.416 e. The zero-order valence-electron chi connectivity index (χ0n) is 8.36. The minimum Gasteiger partial charge on any atom is -0.166 e. The van der Waals surface area contributed by atoms with Crippen LogP contribution in [0.1, 0.15) is 23.6 Å². The number of aryl methyl sites for hydroxylation is 1. The lowest BCUT2D eigenvalue weighted by molar-refractivity contribution is -0.137. The van der Waals surface area contributed by atoms with E-state index < -0.39 is 11.7 Å². The van der Waals surface area contributed by atoms with Crippen LogP contribution in [0.25, 0.3) is 0 Å². The molecule has 0 radical (unpaired) electrons. The van der Waals surface area contributed by atoms with Crippen molar-refractivity contribution in [3.8, 4) is 11.2 Å². The van der Waals surface area contributed by atoms with Gasteiger partial charge in [0, 0.05) is 26.8 Å². The first-order valence-corrected chi connectivity index (χ1v) is 7.83. The second-order valence-corrected chi connectivity index (χ2v) is 4.71. The van der Waals surface area contributed by atoms with E-state index in [1.807, 2.05) is 28.1 Å². The number of hydrogen-bond donors (Lipinski definition) is 0. The van der Waals surface area contributed by atoms with E-state index >= 15 is 0 Å². The Balaban J connectivity index is 3.17. The van der Waals surface area contributed by atoms with Crippen molar-refractivity contribution >= 4 is 30.1 Å². The fourth-order valence-electron chi connectivity index (χ4n) is 1.26. The Morgan fingerprint density at radius 3 is 2.56 bits per heavy atom. The summed E-state index contributed by atoms with van der Waals surface area (Å²) < 4.78 is 37.3. The topological polar surface area (TPSA) is 0 Å². The molecule has 0 aliphatic carbocycles. The first-order chi connectivity index (χ1) is 7.49. The van der Waals surface area contributed by atoms with E-state index in [0.717, 1.165) is 6.07 Å². The third kappa shape index (κ3) is 3.59. The van der Waals surface area contributed by atoms with Crippen LogP contribution >= 0.6 is 30.1 Å². The molecule has 86 valence electrons. The predicted molar refractivity (Wildman–Crippen MR) is 69.3 cm³/mol. The summed E-state index contributed by atoms with van der Waals surface area (Å²) in [5.74, 6) is 2.83. The van der Waals surface area contributed by atoms with Gasteiger partial charge in [-0.25, -0.2) is 0 Å². The highest BCUT2D eigenvalue weighted by molar-refractivity contribution is 14.2. The monoisotopic (exact) mass is 356 g/mol. The van der Waals surface area contributed by atoms with Crippen molar-refractivity contribution < 1.29 is 13.2 Å². The Labute approximate surface area is 109 Å². The van der Waals surface area contributed by atoms with Gasteiger partial charge >= 0.3 is 6.18 Å². The molecule has 0 heterocycles. The molecule has 1 rings (SSSR count). The molecule has 0 saturated heterocycles. The molecule has 5 heteroatoms. The fraction of sp³-hybridized carbons (Fsp3) is 0.273. The van der Waals surface area contributed by atoms with Crippen molar-refractivity contribution in [1.82, 2.24) is 0 Å². The Hall–Kier alpha value is -0.350. The highest BCUT2D eigenvalue weighted by atomic mass is 127. The zero-order chi connectivity index (χ0) is 12.2. The van der Waals surface area contributed by atoms with Crippen LogP contribution in [0.15, 0.2) is 18.2 Å². The second-order valence-electron chi connectivity index (χ2n) is 3.03. The van der Waals surface area contributed by atoms with Gasteiger partial charge in [-0.3, -0.25) is 0 Å². The first-order valence-electron chi connectivity index (χ1n) is 4.47. The van der Waals surface area contributed by atoms with Crippen molar-refractivity contribution in [2.24, 2.45) is 0 Å². The lowest BCUT2D eigenvalue weighted by Crippen LogP contribution is -2.06. The Bertz CT molecular complexity index is 429. The molecule has 0 atom stereocenters.